The molecule has 0 fully saturated rings. The highest BCUT2D eigenvalue weighted by Gasteiger charge is 2.01. The second-order valence-corrected chi connectivity index (χ2v) is 4.29. The van der Waals surface area contributed by atoms with Gasteiger partial charge in [-0.3, -0.25) is 4.79 Å². The molecule has 0 heterocycles. The first-order valence-corrected chi connectivity index (χ1v) is 6.70. The molecule has 0 spiro atoms. The normalized spacial score (nSPS) is 10.4. The number of rotatable bonds is 10. The maximum Gasteiger partial charge on any atom is 0.220 e. The average Bonchev–Trinajstić information content (AvgIpc) is 2.45. The van der Waals surface area contributed by atoms with E-state index in [1.54, 1.807) is 7.11 Å². The van der Waals surface area contributed by atoms with Crippen molar-refractivity contribution in [3.05, 3.63) is 35.9 Å². The van der Waals surface area contributed by atoms with Crippen LogP contribution in [0.25, 0.3) is 0 Å². The Kier molecular flexibility index (Phi) is 8.68. The lowest BCUT2D eigenvalue weighted by atomic mass is 10.1. The van der Waals surface area contributed by atoms with Crippen LogP contribution in [0.15, 0.2) is 30.3 Å². The second-order valence-electron chi connectivity index (χ2n) is 4.29. The van der Waals surface area contributed by atoms with Gasteiger partial charge in [0.2, 0.25) is 5.91 Å². The quantitative estimate of drug-likeness (QED) is 0.656. The lowest BCUT2D eigenvalue weighted by Gasteiger charge is -2.06. The molecule has 19 heavy (non-hydrogen) atoms. The van der Waals surface area contributed by atoms with E-state index in [4.69, 9.17) is 9.47 Å². The van der Waals surface area contributed by atoms with E-state index in [-0.39, 0.29) is 5.91 Å². The number of carbonyl (C=O) groups excluding carboxylic acids is 1. The molecular weight excluding hydrogens is 242 g/mol. The summed E-state index contributed by atoms with van der Waals surface area (Å²) in [6.07, 6.45) is 2.16. The first kappa shape index (κ1) is 15.7. The van der Waals surface area contributed by atoms with E-state index >= 15 is 0 Å². The van der Waals surface area contributed by atoms with Gasteiger partial charge in [-0.15, -0.1) is 0 Å². The predicted octanol–water partition coefficient (Wildman–Crippen LogP) is 1.79. The standard InChI is InChI=1S/C15H23NO3/c1-18-12-13-19-11-5-10-16-15(17)9-8-14-6-3-2-4-7-14/h2-4,6-7H,5,8-13H2,1H3,(H,16,17). The Balaban J connectivity index is 1.96. The molecular formula is C15H23NO3. The van der Waals surface area contributed by atoms with Gasteiger partial charge in [0.25, 0.3) is 0 Å². The van der Waals surface area contributed by atoms with Crippen LogP contribution in [0.3, 0.4) is 0 Å². The van der Waals surface area contributed by atoms with Crippen LogP contribution in [0.1, 0.15) is 18.4 Å². The Labute approximate surface area is 115 Å². The molecule has 0 aliphatic heterocycles. The fraction of sp³-hybridized carbons (Fsp3) is 0.533. The maximum atomic E-state index is 11.6. The fourth-order valence-corrected chi connectivity index (χ4v) is 1.64. The van der Waals surface area contributed by atoms with Crippen molar-refractivity contribution >= 4 is 5.91 Å². The predicted molar refractivity (Wildman–Crippen MR) is 75.1 cm³/mol. The summed E-state index contributed by atoms with van der Waals surface area (Å²) in [4.78, 5) is 11.6. The minimum absolute atomic E-state index is 0.0979. The van der Waals surface area contributed by atoms with Gasteiger partial charge >= 0.3 is 0 Å². The Morgan fingerprint density at radius 3 is 2.68 bits per heavy atom. The Hall–Kier alpha value is -1.39. The van der Waals surface area contributed by atoms with Crippen molar-refractivity contribution in [3.8, 4) is 0 Å². The molecule has 0 saturated heterocycles. The molecule has 0 aliphatic rings. The smallest absolute Gasteiger partial charge is 0.220 e. The van der Waals surface area contributed by atoms with Gasteiger partial charge in [-0.2, -0.15) is 0 Å². The van der Waals surface area contributed by atoms with Crippen molar-refractivity contribution in [2.24, 2.45) is 0 Å². The molecule has 0 bridgehead atoms. The van der Waals surface area contributed by atoms with E-state index in [2.05, 4.69) is 5.32 Å². The van der Waals surface area contributed by atoms with Crippen molar-refractivity contribution in [1.29, 1.82) is 0 Å². The summed E-state index contributed by atoms with van der Waals surface area (Å²) in [5.74, 6) is 0.0979. The van der Waals surface area contributed by atoms with E-state index in [0.717, 1.165) is 12.8 Å². The van der Waals surface area contributed by atoms with Gasteiger partial charge in [-0.1, -0.05) is 30.3 Å². The lowest BCUT2D eigenvalue weighted by molar-refractivity contribution is -0.121. The van der Waals surface area contributed by atoms with E-state index in [1.807, 2.05) is 30.3 Å². The summed E-state index contributed by atoms with van der Waals surface area (Å²) in [5.41, 5.74) is 1.19. The number of methoxy groups -OCH3 is 1. The van der Waals surface area contributed by atoms with Crippen LogP contribution in [-0.2, 0) is 20.7 Å². The number of aryl methyl sites for hydroxylation is 1. The number of benzene rings is 1. The summed E-state index contributed by atoms with van der Waals surface area (Å²) in [6, 6.07) is 10.0. The number of carbonyl (C=O) groups is 1. The molecule has 0 aromatic heterocycles. The SMILES string of the molecule is COCCOCCCNC(=O)CCc1ccccc1. The van der Waals surface area contributed by atoms with Crippen molar-refractivity contribution in [2.45, 2.75) is 19.3 Å². The van der Waals surface area contributed by atoms with Gasteiger partial charge in [-0.25, -0.2) is 0 Å². The number of hydrogen-bond acceptors (Lipinski definition) is 3. The monoisotopic (exact) mass is 265 g/mol. The van der Waals surface area contributed by atoms with E-state index in [0.29, 0.717) is 32.8 Å². The van der Waals surface area contributed by atoms with E-state index in [9.17, 15) is 4.79 Å². The van der Waals surface area contributed by atoms with Crippen LogP contribution < -0.4 is 5.32 Å². The zero-order chi connectivity index (χ0) is 13.8. The van der Waals surface area contributed by atoms with Gasteiger partial charge in [-0.05, 0) is 18.4 Å². The zero-order valence-corrected chi connectivity index (χ0v) is 11.6. The zero-order valence-electron chi connectivity index (χ0n) is 11.6. The first-order valence-electron chi connectivity index (χ1n) is 6.70. The van der Waals surface area contributed by atoms with Gasteiger partial charge in [0.15, 0.2) is 0 Å². The van der Waals surface area contributed by atoms with Crippen LogP contribution in [0.4, 0.5) is 0 Å². The molecule has 1 rings (SSSR count). The topological polar surface area (TPSA) is 47.6 Å². The van der Waals surface area contributed by atoms with Crippen LogP contribution in [0.5, 0.6) is 0 Å². The minimum Gasteiger partial charge on any atom is -0.382 e. The van der Waals surface area contributed by atoms with E-state index in [1.165, 1.54) is 5.56 Å². The highest BCUT2D eigenvalue weighted by molar-refractivity contribution is 5.76. The Morgan fingerprint density at radius 1 is 1.16 bits per heavy atom. The summed E-state index contributed by atoms with van der Waals surface area (Å²) < 4.78 is 10.2. The van der Waals surface area contributed by atoms with E-state index < -0.39 is 0 Å². The highest BCUT2D eigenvalue weighted by atomic mass is 16.5. The third kappa shape index (κ3) is 8.35. The highest BCUT2D eigenvalue weighted by Crippen LogP contribution is 2.01. The van der Waals surface area contributed by atoms with Crippen molar-refractivity contribution in [2.75, 3.05) is 33.5 Å². The molecule has 0 aliphatic carbocycles. The van der Waals surface area contributed by atoms with Gasteiger partial charge in [0.1, 0.15) is 0 Å². The number of ether oxygens (including phenoxy) is 2. The third-order valence-corrected chi connectivity index (χ3v) is 2.70. The minimum atomic E-state index is 0.0979. The largest absolute Gasteiger partial charge is 0.382 e. The molecule has 0 saturated carbocycles. The summed E-state index contributed by atoms with van der Waals surface area (Å²) >= 11 is 0. The molecule has 1 aromatic rings. The summed E-state index contributed by atoms with van der Waals surface area (Å²) in [5, 5.41) is 2.89. The molecule has 0 atom stereocenters. The number of amides is 1. The lowest BCUT2D eigenvalue weighted by Crippen LogP contribution is -2.25. The molecule has 1 aromatic carbocycles. The Morgan fingerprint density at radius 2 is 1.95 bits per heavy atom. The van der Waals surface area contributed by atoms with Crippen LogP contribution in [0, 0.1) is 0 Å². The Bertz CT molecular complexity index is 341. The molecule has 1 amide bonds. The first-order chi connectivity index (χ1) is 9.33. The summed E-state index contributed by atoms with van der Waals surface area (Å²) in [7, 11) is 1.65. The van der Waals surface area contributed by atoms with Crippen molar-refractivity contribution < 1.29 is 14.3 Å². The third-order valence-electron chi connectivity index (χ3n) is 2.70. The molecule has 4 nitrogen and oxygen atoms in total. The maximum absolute atomic E-state index is 11.6. The molecule has 0 unspecified atom stereocenters. The number of nitrogens with one attached hydrogen (secondary N) is 1. The van der Waals surface area contributed by atoms with Gasteiger partial charge in [0, 0.05) is 26.7 Å². The molecule has 106 valence electrons. The average molecular weight is 265 g/mol. The van der Waals surface area contributed by atoms with Crippen molar-refractivity contribution in [3.63, 3.8) is 0 Å². The molecule has 4 heteroatoms. The molecule has 0 radical (unpaired) electrons. The second kappa shape index (κ2) is 10.5. The van der Waals surface area contributed by atoms with Crippen molar-refractivity contribution in [1.82, 2.24) is 5.32 Å². The fourth-order valence-electron chi connectivity index (χ4n) is 1.64. The van der Waals surface area contributed by atoms with Crippen LogP contribution >= 0.6 is 0 Å². The number of hydrogen-bond donors (Lipinski definition) is 1. The molecule has 1 N–H and O–H groups in total. The summed E-state index contributed by atoms with van der Waals surface area (Å²) in [6.45, 7) is 2.55. The van der Waals surface area contributed by atoms with Gasteiger partial charge < -0.3 is 14.8 Å². The van der Waals surface area contributed by atoms with Crippen LogP contribution in [0.2, 0.25) is 0 Å². The van der Waals surface area contributed by atoms with Crippen LogP contribution in [-0.4, -0.2) is 39.4 Å². The van der Waals surface area contributed by atoms with Gasteiger partial charge in [0.05, 0.1) is 13.2 Å².